The molecule has 4 heterocycles. The van der Waals surface area contributed by atoms with Gasteiger partial charge in [-0.05, 0) is 59.7 Å². The van der Waals surface area contributed by atoms with E-state index in [0.29, 0.717) is 0 Å². The fourth-order valence-electron chi connectivity index (χ4n) is 3.69. The number of fused-ring (bicyclic) bond motifs is 2. The average Bonchev–Trinajstić information content (AvgIpc) is 3.48. The number of benzene rings is 2. The van der Waals surface area contributed by atoms with E-state index in [1.807, 2.05) is 47.2 Å². The van der Waals surface area contributed by atoms with Gasteiger partial charge in [0.15, 0.2) is 0 Å². The lowest BCUT2D eigenvalue weighted by Gasteiger charge is -2.01. The molecule has 6 aromatic rings. The molecule has 0 radical (unpaired) electrons. The zero-order valence-corrected chi connectivity index (χ0v) is 17.6. The van der Waals surface area contributed by atoms with Crippen molar-refractivity contribution in [3.8, 4) is 30.6 Å². The quantitative estimate of drug-likeness (QED) is 0.291. The SMILES string of the molecule is c1cnc2cc(-c3ccc(-c4ccc(-c5ccc6cccnc6c5)s4)s3)ccc2c1. The fourth-order valence-corrected chi connectivity index (χ4v) is 5.79. The van der Waals surface area contributed by atoms with Crippen molar-refractivity contribution in [2.75, 3.05) is 0 Å². The number of nitrogens with zero attached hydrogens (tertiary/aromatic N) is 2. The van der Waals surface area contributed by atoms with E-state index in [4.69, 9.17) is 0 Å². The number of rotatable bonds is 3. The van der Waals surface area contributed by atoms with Crippen LogP contribution in [0.3, 0.4) is 0 Å². The molecule has 0 aliphatic carbocycles. The molecule has 0 aliphatic heterocycles. The first-order valence-electron chi connectivity index (χ1n) is 9.74. The Bertz CT molecular complexity index is 1390. The molecule has 6 rings (SSSR count). The van der Waals surface area contributed by atoms with Gasteiger partial charge in [0.1, 0.15) is 0 Å². The molecular formula is C26H16N2S2. The molecule has 0 bridgehead atoms. The van der Waals surface area contributed by atoms with Crippen molar-refractivity contribution in [3.05, 3.63) is 97.3 Å². The second kappa shape index (κ2) is 7.17. The lowest BCUT2D eigenvalue weighted by molar-refractivity contribution is 1.41. The topological polar surface area (TPSA) is 25.8 Å². The van der Waals surface area contributed by atoms with Gasteiger partial charge >= 0.3 is 0 Å². The van der Waals surface area contributed by atoms with E-state index >= 15 is 0 Å². The molecule has 0 amide bonds. The largest absolute Gasteiger partial charge is 0.256 e. The van der Waals surface area contributed by atoms with Crippen LogP contribution in [-0.4, -0.2) is 9.97 Å². The fraction of sp³-hybridized carbons (Fsp3) is 0. The van der Waals surface area contributed by atoms with Crippen molar-refractivity contribution in [2.45, 2.75) is 0 Å². The minimum atomic E-state index is 1.04. The minimum Gasteiger partial charge on any atom is -0.256 e. The summed E-state index contributed by atoms with van der Waals surface area (Å²) >= 11 is 3.66. The van der Waals surface area contributed by atoms with E-state index in [1.165, 1.54) is 41.4 Å². The van der Waals surface area contributed by atoms with Crippen LogP contribution in [0.1, 0.15) is 0 Å². The van der Waals surface area contributed by atoms with Crippen molar-refractivity contribution in [3.63, 3.8) is 0 Å². The molecule has 0 saturated carbocycles. The highest BCUT2D eigenvalue weighted by Gasteiger charge is 2.10. The molecule has 4 heteroatoms. The summed E-state index contributed by atoms with van der Waals surface area (Å²) in [6.07, 6.45) is 3.70. The second-order valence-corrected chi connectivity index (χ2v) is 9.32. The lowest BCUT2D eigenvalue weighted by atomic mass is 10.1. The molecule has 0 spiro atoms. The van der Waals surface area contributed by atoms with E-state index in [9.17, 15) is 0 Å². The van der Waals surface area contributed by atoms with Gasteiger partial charge in [-0.2, -0.15) is 0 Å². The maximum Gasteiger partial charge on any atom is 0.0708 e. The Labute approximate surface area is 182 Å². The third kappa shape index (κ3) is 3.11. The highest BCUT2D eigenvalue weighted by Crippen LogP contribution is 2.41. The van der Waals surface area contributed by atoms with Crippen LogP contribution >= 0.6 is 22.7 Å². The van der Waals surface area contributed by atoms with Crippen molar-refractivity contribution in [1.29, 1.82) is 0 Å². The minimum absolute atomic E-state index is 1.04. The number of pyridine rings is 2. The van der Waals surface area contributed by atoms with Gasteiger partial charge in [0.2, 0.25) is 0 Å². The number of aromatic nitrogens is 2. The molecular weight excluding hydrogens is 404 g/mol. The van der Waals surface area contributed by atoms with Gasteiger partial charge in [0.25, 0.3) is 0 Å². The van der Waals surface area contributed by atoms with E-state index < -0.39 is 0 Å². The van der Waals surface area contributed by atoms with E-state index in [1.54, 1.807) is 0 Å². The predicted molar refractivity (Wildman–Crippen MR) is 129 cm³/mol. The first-order valence-corrected chi connectivity index (χ1v) is 11.4. The maximum absolute atomic E-state index is 4.49. The number of hydrogen-bond acceptors (Lipinski definition) is 4. The molecule has 0 fully saturated rings. The van der Waals surface area contributed by atoms with Gasteiger partial charge in [-0.15, -0.1) is 22.7 Å². The molecule has 0 unspecified atom stereocenters. The Kier molecular flexibility index (Phi) is 4.18. The number of thiophene rings is 2. The first kappa shape index (κ1) is 17.5. The molecule has 2 aromatic carbocycles. The summed E-state index contributed by atoms with van der Waals surface area (Å²) in [4.78, 5) is 14.1. The maximum atomic E-state index is 4.49. The molecule has 30 heavy (non-hydrogen) atoms. The Morgan fingerprint density at radius 2 is 0.933 bits per heavy atom. The van der Waals surface area contributed by atoms with Crippen molar-refractivity contribution < 1.29 is 0 Å². The molecule has 0 N–H and O–H groups in total. The Hall–Kier alpha value is -3.34. The standard InChI is InChI=1S/C26H16N2S2/c1-3-17-5-7-19(15-21(17)27-13-1)23-9-11-25(29-23)26-12-10-24(30-26)20-8-6-18-4-2-14-28-22(18)16-20/h1-16H. The van der Waals surface area contributed by atoms with Crippen LogP contribution in [-0.2, 0) is 0 Å². The van der Waals surface area contributed by atoms with Crippen molar-refractivity contribution in [1.82, 2.24) is 9.97 Å². The van der Waals surface area contributed by atoms with Crippen LogP contribution in [0.5, 0.6) is 0 Å². The van der Waals surface area contributed by atoms with Gasteiger partial charge < -0.3 is 0 Å². The van der Waals surface area contributed by atoms with Crippen LogP contribution in [0.15, 0.2) is 97.3 Å². The molecule has 0 aliphatic rings. The summed E-state index contributed by atoms with van der Waals surface area (Å²) in [5.74, 6) is 0. The average molecular weight is 421 g/mol. The Morgan fingerprint density at radius 1 is 0.467 bits per heavy atom. The van der Waals surface area contributed by atoms with E-state index in [-0.39, 0.29) is 0 Å². The summed E-state index contributed by atoms with van der Waals surface area (Å²) in [6.45, 7) is 0. The summed E-state index contributed by atoms with van der Waals surface area (Å²) < 4.78 is 0. The Balaban J connectivity index is 1.33. The third-order valence-corrected chi connectivity index (χ3v) is 7.70. The highest BCUT2D eigenvalue weighted by molar-refractivity contribution is 7.25. The zero-order valence-electron chi connectivity index (χ0n) is 15.9. The lowest BCUT2D eigenvalue weighted by Crippen LogP contribution is -1.78. The monoisotopic (exact) mass is 420 g/mol. The van der Waals surface area contributed by atoms with Gasteiger partial charge in [-0.25, -0.2) is 0 Å². The first-order chi connectivity index (χ1) is 14.8. The van der Waals surface area contributed by atoms with Gasteiger partial charge in [0, 0.05) is 42.7 Å². The van der Waals surface area contributed by atoms with Gasteiger partial charge in [-0.3, -0.25) is 9.97 Å². The van der Waals surface area contributed by atoms with Crippen molar-refractivity contribution >= 4 is 44.5 Å². The van der Waals surface area contributed by atoms with E-state index in [2.05, 4.69) is 82.8 Å². The van der Waals surface area contributed by atoms with Crippen LogP contribution in [0.2, 0.25) is 0 Å². The summed E-state index contributed by atoms with van der Waals surface area (Å²) in [5.41, 5.74) is 4.51. The predicted octanol–water partition coefficient (Wildman–Crippen LogP) is 7.91. The molecule has 142 valence electrons. The van der Waals surface area contributed by atoms with E-state index in [0.717, 1.165) is 11.0 Å². The van der Waals surface area contributed by atoms with Crippen LogP contribution in [0, 0.1) is 0 Å². The van der Waals surface area contributed by atoms with Crippen molar-refractivity contribution in [2.24, 2.45) is 0 Å². The normalized spacial score (nSPS) is 11.3. The summed E-state index contributed by atoms with van der Waals surface area (Å²) in [7, 11) is 0. The number of hydrogen-bond donors (Lipinski definition) is 0. The summed E-state index contributed by atoms with van der Waals surface area (Å²) in [6, 6.07) is 30.0. The highest BCUT2D eigenvalue weighted by atomic mass is 32.1. The van der Waals surface area contributed by atoms with Crippen LogP contribution in [0.25, 0.3) is 52.4 Å². The molecule has 0 saturated heterocycles. The third-order valence-electron chi connectivity index (χ3n) is 5.24. The zero-order chi connectivity index (χ0) is 19.9. The Morgan fingerprint density at radius 3 is 1.43 bits per heavy atom. The van der Waals surface area contributed by atoms with Gasteiger partial charge in [-0.1, -0.05) is 36.4 Å². The molecule has 4 aromatic heterocycles. The van der Waals surface area contributed by atoms with Gasteiger partial charge in [0.05, 0.1) is 11.0 Å². The molecule has 2 nitrogen and oxygen atoms in total. The second-order valence-electron chi connectivity index (χ2n) is 7.15. The summed E-state index contributed by atoms with van der Waals surface area (Å²) in [5, 5.41) is 2.34. The smallest absolute Gasteiger partial charge is 0.0708 e. The van der Waals surface area contributed by atoms with Crippen LogP contribution < -0.4 is 0 Å². The molecule has 0 atom stereocenters. The van der Waals surface area contributed by atoms with Crippen LogP contribution in [0.4, 0.5) is 0 Å².